The van der Waals surface area contributed by atoms with E-state index in [0.717, 1.165) is 30.2 Å². The Morgan fingerprint density at radius 2 is 1.78 bits per heavy atom. The number of amides is 1. The molecule has 3 aromatic rings. The van der Waals surface area contributed by atoms with Crippen LogP contribution < -0.4 is 9.62 Å². The molecule has 0 saturated heterocycles. The Hall–Kier alpha value is -3.40. The van der Waals surface area contributed by atoms with Crippen LogP contribution in [-0.4, -0.2) is 50.2 Å². The lowest BCUT2D eigenvalue weighted by atomic mass is 10.0. The minimum Gasteiger partial charge on any atom is -0.481 e. The normalized spacial score (nSPS) is 15.6. The van der Waals surface area contributed by atoms with Crippen LogP contribution in [-0.2, 0) is 14.8 Å². The lowest BCUT2D eigenvalue weighted by molar-refractivity contribution is -0.137. The zero-order valence-corrected chi connectivity index (χ0v) is 21.8. The monoisotopic (exact) mass is 525 g/mol. The van der Waals surface area contributed by atoms with Crippen molar-refractivity contribution in [1.29, 1.82) is 0 Å². The molecule has 0 spiro atoms. The number of pyridine rings is 1. The smallest absolute Gasteiger partial charge is 0.303 e. The second kappa shape index (κ2) is 9.81. The van der Waals surface area contributed by atoms with Crippen molar-refractivity contribution in [1.82, 2.24) is 10.3 Å². The van der Waals surface area contributed by atoms with Gasteiger partial charge in [0.25, 0.3) is 5.91 Å². The molecule has 37 heavy (non-hydrogen) atoms. The number of furan rings is 1. The van der Waals surface area contributed by atoms with Crippen molar-refractivity contribution in [2.45, 2.75) is 56.8 Å². The van der Waals surface area contributed by atoms with E-state index in [2.05, 4.69) is 22.4 Å². The highest BCUT2D eigenvalue weighted by atomic mass is 32.2. The van der Waals surface area contributed by atoms with Crippen LogP contribution in [0.1, 0.15) is 78.3 Å². The van der Waals surface area contributed by atoms with Gasteiger partial charge in [-0.2, -0.15) is 4.98 Å². The summed E-state index contributed by atoms with van der Waals surface area (Å²) in [5.41, 5.74) is 3.36. The SMILES string of the molecule is CNC(=O)c1c(-c2ccc(C3CC3)cc2)oc2nc(N(CCCCC(=O)O)S(C)(=O)=O)c(C3CC3)cc12. The van der Waals surface area contributed by atoms with Crippen molar-refractivity contribution in [3.8, 4) is 11.3 Å². The number of benzene rings is 1. The summed E-state index contributed by atoms with van der Waals surface area (Å²) in [6, 6.07) is 9.87. The number of carbonyl (C=O) groups is 2. The van der Waals surface area contributed by atoms with E-state index in [1.807, 2.05) is 18.2 Å². The maximum absolute atomic E-state index is 13.0. The molecule has 0 atom stereocenters. The summed E-state index contributed by atoms with van der Waals surface area (Å²) in [5, 5.41) is 12.2. The minimum atomic E-state index is -3.70. The lowest BCUT2D eigenvalue weighted by Gasteiger charge is -2.23. The summed E-state index contributed by atoms with van der Waals surface area (Å²) in [6.07, 6.45) is 6.01. The van der Waals surface area contributed by atoms with Crippen molar-refractivity contribution in [3.63, 3.8) is 0 Å². The fraction of sp³-hybridized carbons (Fsp3) is 0.444. The second-order valence-corrected chi connectivity index (χ2v) is 11.9. The molecule has 2 aromatic heterocycles. The van der Waals surface area contributed by atoms with Crippen LogP contribution >= 0.6 is 0 Å². The fourth-order valence-corrected chi connectivity index (χ4v) is 5.68. The molecule has 0 unspecified atom stereocenters. The standard InChI is InChI=1S/C27H31N3O6S/c1-28-26(33)23-21-15-20(18-10-11-18)25(30(37(2,34)35)14-4-3-5-22(31)32)29-27(21)36-24(23)19-12-8-17(9-13-19)16-6-7-16/h8-9,12-13,15-16,18H,3-7,10-11,14H2,1-2H3,(H,28,33)(H,31,32). The second-order valence-electron chi connectivity index (χ2n) is 10.00. The molecule has 1 amide bonds. The van der Waals surface area contributed by atoms with Gasteiger partial charge >= 0.3 is 5.97 Å². The van der Waals surface area contributed by atoms with E-state index in [1.165, 1.54) is 22.7 Å². The van der Waals surface area contributed by atoms with E-state index in [4.69, 9.17) is 9.52 Å². The molecule has 1 aromatic carbocycles. The Balaban J connectivity index is 1.61. The van der Waals surface area contributed by atoms with Gasteiger partial charge in [-0.15, -0.1) is 0 Å². The number of carbonyl (C=O) groups excluding carboxylic acids is 1. The Kier molecular flexibility index (Phi) is 6.70. The van der Waals surface area contributed by atoms with E-state index in [-0.39, 0.29) is 30.5 Å². The number of hydrogen-bond donors (Lipinski definition) is 2. The first-order valence-corrected chi connectivity index (χ1v) is 14.5. The molecule has 0 bridgehead atoms. The maximum atomic E-state index is 13.0. The lowest BCUT2D eigenvalue weighted by Crippen LogP contribution is -2.32. The highest BCUT2D eigenvalue weighted by Gasteiger charge is 2.34. The number of carboxylic acid groups (broad SMARTS) is 1. The third-order valence-electron chi connectivity index (χ3n) is 7.02. The quantitative estimate of drug-likeness (QED) is 0.349. The van der Waals surface area contributed by atoms with Crippen molar-refractivity contribution in [2.24, 2.45) is 0 Å². The topological polar surface area (TPSA) is 130 Å². The van der Waals surface area contributed by atoms with Gasteiger partial charge in [-0.1, -0.05) is 24.3 Å². The third-order valence-corrected chi connectivity index (χ3v) is 8.18. The van der Waals surface area contributed by atoms with Crippen molar-refractivity contribution < 1.29 is 27.5 Å². The highest BCUT2D eigenvalue weighted by molar-refractivity contribution is 7.92. The van der Waals surface area contributed by atoms with Gasteiger partial charge in [-0.25, -0.2) is 8.42 Å². The van der Waals surface area contributed by atoms with Crippen molar-refractivity contribution >= 4 is 38.8 Å². The molecular formula is C27H31N3O6S. The molecule has 5 rings (SSSR count). The maximum Gasteiger partial charge on any atom is 0.303 e. The predicted molar refractivity (Wildman–Crippen MR) is 140 cm³/mol. The minimum absolute atomic E-state index is 0.0316. The van der Waals surface area contributed by atoms with E-state index < -0.39 is 16.0 Å². The molecule has 0 radical (unpaired) electrons. The van der Waals surface area contributed by atoms with Crippen LogP contribution in [0.5, 0.6) is 0 Å². The number of nitrogens with zero attached hydrogens (tertiary/aromatic N) is 2. The molecule has 10 heteroatoms. The number of nitrogens with one attached hydrogen (secondary N) is 1. The van der Waals surface area contributed by atoms with Gasteiger partial charge in [0.15, 0.2) is 0 Å². The van der Waals surface area contributed by atoms with Crippen LogP contribution in [0.15, 0.2) is 34.7 Å². The summed E-state index contributed by atoms with van der Waals surface area (Å²) in [4.78, 5) is 28.6. The van der Waals surface area contributed by atoms with Crippen LogP contribution in [0.25, 0.3) is 22.4 Å². The first kappa shape index (κ1) is 25.3. The Bertz CT molecular complexity index is 1450. The van der Waals surface area contributed by atoms with Gasteiger partial charge in [-0.3, -0.25) is 13.9 Å². The number of aliphatic carboxylic acids is 1. The number of hydrogen-bond acceptors (Lipinski definition) is 6. The van der Waals surface area contributed by atoms with Crippen molar-refractivity contribution in [3.05, 3.63) is 47.0 Å². The molecule has 2 aliphatic carbocycles. The average molecular weight is 526 g/mol. The van der Waals surface area contributed by atoms with Crippen LogP contribution in [0.2, 0.25) is 0 Å². The summed E-state index contributed by atoms with van der Waals surface area (Å²) < 4.78 is 33.0. The number of aromatic nitrogens is 1. The van der Waals surface area contributed by atoms with Gasteiger partial charge in [-0.05, 0) is 67.6 Å². The first-order valence-electron chi connectivity index (χ1n) is 12.7. The summed E-state index contributed by atoms with van der Waals surface area (Å²) in [7, 11) is -2.13. The van der Waals surface area contributed by atoms with Gasteiger partial charge in [0, 0.05) is 25.6 Å². The zero-order valence-electron chi connectivity index (χ0n) is 21.0. The third kappa shape index (κ3) is 5.34. The fourth-order valence-electron chi connectivity index (χ4n) is 4.76. The Morgan fingerprint density at radius 3 is 2.35 bits per heavy atom. The molecule has 9 nitrogen and oxygen atoms in total. The van der Waals surface area contributed by atoms with Gasteiger partial charge in [0.1, 0.15) is 11.6 Å². The number of anilines is 1. The average Bonchev–Trinajstić information content (AvgIpc) is 3.78. The molecular weight excluding hydrogens is 494 g/mol. The number of sulfonamides is 1. The molecule has 2 aliphatic rings. The molecule has 2 fully saturated rings. The van der Waals surface area contributed by atoms with Gasteiger partial charge in [0.2, 0.25) is 15.7 Å². The molecule has 2 heterocycles. The highest BCUT2D eigenvalue weighted by Crippen LogP contribution is 2.47. The first-order chi connectivity index (χ1) is 17.7. The number of fused-ring (bicyclic) bond motifs is 1. The number of rotatable bonds is 11. The van der Waals surface area contributed by atoms with Gasteiger partial charge < -0.3 is 14.8 Å². The van der Waals surface area contributed by atoms with Crippen LogP contribution in [0.3, 0.4) is 0 Å². The summed E-state index contributed by atoms with van der Waals surface area (Å²) in [5.74, 6) is 0.218. The van der Waals surface area contributed by atoms with Gasteiger partial charge in [0.05, 0.1) is 17.2 Å². The van der Waals surface area contributed by atoms with Crippen molar-refractivity contribution in [2.75, 3.05) is 24.2 Å². The Morgan fingerprint density at radius 1 is 1.11 bits per heavy atom. The van der Waals surface area contributed by atoms with E-state index in [9.17, 15) is 18.0 Å². The largest absolute Gasteiger partial charge is 0.481 e. The Labute approximate surface area is 215 Å². The molecule has 2 N–H and O–H groups in total. The van der Waals surface area contributed by atoms with Crippen LogP contribution in [0, 0.1) is 0 Å². The van der Waals surface area contributed by atoms with E-state index in [0.29, 0.717) is 41.3 Å². The summed E-state index contributed by atoms with van der Waals surface area (Å²) >= 11 is 0. The number of unbranched alkanes of at least 4 members (excludes halogenated alkanes) is 1. The predicted octanol–water partition coefficient (Wildman–Crippen LogP) is 4.63. The number of carboxylic acids is 1. The van der Waals surface area contributed by atoms with E-state index in [1.54, 1.807) is 7.05 Å². The molecule has 196 valence electrons. The molecule has 0 aliphatic heterocycles. The zero-order chi connectivity index (χ0) is 26.3. The molecule has 2 saturated carbocycles. The van der Waals surface area contributed by atoms with E-state index >= 15 is 0 Å². The summed E-state index contributed by atoms with van der Waals surface area (Å²) in [6.45, 7) is 0.114. The van der Waals surface area contributed by atoms with Crippen LogP contribution in [0.4, 0.5) is 5.82 Å².